The number of nitrogens with zero attached hydrogens (tertiary/aromatic N) is 5. The minimum absolute atomic E-state index is 0.518. The van der Waals surface area contributed by atoms with E-state index < -0.39 is 0 Å². The second-order valence-corrected chi connectivity index (χ2v) is 3.13. The van der Waals surface area contributed by atoms with Crippen LogP contribution in [-0.4, -0.2) is 25.3 Å². The second kappa shape index (κ2) is 3.16. The van der Waals surface area contributed by atoms with Crippen molar-refractivity contribution in [3.63, 3.8) is 0 Å². The van der Waals surface area contributed by atoms with Crippen molar-refractivity contribution in [2.75, 3.05) is 0 Å². The molecule has 0 radical (unpaired) electrons. The fourth-order valence-corrected chi connectivity index (χ4v) is 1.44. The van der Waals surface area contributed by atoms with Crippen LogP contribution >= 0.6 is 0 Å². The summed E-state index contributed by atoms with van der Waals surface area (Å²) in [6, 6.07) is 7.75. The van der Waals surface area contributed by atoms with E-state index in [1.807, 2.05) is 24.3 Å². The maximum absolute atomic E-state index is 4.51. The molecule has 3 rings (SSSR count). The van der Waals surface area contributed by atoms with Gasteiger partial charge in [-0.2, -0.15) is 0 Å². The van der Waals surface area contributed by atoms with Crippen molar-refractivity contribution < 1.29 is 4.63 Å². The lowest BCUT2D eigenvalue weighted by molar-refractivity contribution is 0.302. The highest BCUT2D eigenvalue weighted by Crippen LogP contribution is 2.10. The molecule has 0 atom stereocenters. The summed E-state index contributed by atoms with van der Waals surface area (Å²) in [5, 5.41) is 15.3. The molecule has 0 amide bonds. The average molecular weight is 201 g/mol. The number of hydrogen-bond donors (Lipinski definition) is 0. The number of fused-ring (bicyclic) bond motifs is 1. The van der Waals surface area contributed by atoms with E-state index in [2.05, 4.69) is 25.3 Å². The first-order valence-corrected chi connectivity index (χ1v) is 4.48. The number of aromatic nitrogens is 5. The molecule has 2 aromatic heterocycles. The number of para-hydroxylation sites is 1. The summed E-state index contributed by atoms with van der Waals surface area (Å²) in [4.78, 5) is 0. The highest BCUT2D eigenvalue weighted by atomic mass is 16.6. The predicted molar refractivity (Wildman–Crippen MR) is 50.9 cm³/mol. The highest BCUT2D eigenvalue weighted by Gasteiger charge is 2.05. The fraction of sp³-hybridized carbons (Fsp3) is 0.111. The van der Waals surface area contributed by atoms with E-state index >= 15 is 0 Å². The van der Waals surface area contributed by atoms with E-state index in [0.717, 1.165) is 16.7 Å². The van der Waals surface area contributed by atoms with Crippen molar-refractivity contribution in [2.24, 2.45) is 0 Å². The van der Waals surface area contributed by atoms with Gasteiger partial charge in [-0.1, -0.05) is 27.7 Å². The van der Waals surface area contributed by atoms with Gasteiger partial charge in [0.1, 0.15) is 11.2 Å². The van der Waals surface area contributed by atoms with E-state index in [0.29, 0.717) is 6.54 Å². The number of benzene rings is 1. The molecular formula is C9H7N5O. The molecule has 3 aromatic rings. The van der Waals surface area contributed by atoms with E-state index in [1.165, 1.54) is 0 Å². The number of hydrogen-bond acceptors (Lipinski definition) is 5. The second-order valence-electron chi connectivity index (χ2n) is 3.13. The first-order chi connectivity index (χ1) is 7.43. The molecule has 15 heavy (non-hydrogen) atoms. The van der Waals surface area contributed by atoms with Crippen molar-refractivity contribution in [1.82, 2.24) is 25.3 Å². The largest absolute Gasteiger partial charge is 0.244 e. The molecule has 74 valence electrons. The molecule has 0 fully saturated rings. The minimum Gasteiger partial charge on any atom is -0.244 e. The molecule has 0 spiro atoms. The molecular weight excluding hydrogens is 194 g/mol. The molecule has 0 aliphatic carbocycles. The zero-order chi connectivity index (χ0) is 10.1. The zero-order valence-electron chi connectivity index (χ0n) is 7.74. The minimum atomic E-state index is 0.518. The van der Waals surface area contributed by atoms with Crippen molar-refractivity contribution in [1.29, 1.82) is 0 Å². The van der Waals surface area contributed by atoms with Gasteiger partial charge in [0.25, 0.3) is 0 Å². The van der Waals surface area contributed by atoms with Crippen LogP contribution in [0, 0.1) is 0 Å². The van der Waals surface area contributed by atoms with E-state index in [9.17, 15) is 0 Å². The van der Waals surface area contributed by atoms with Gasteiger partial charge < -0.3 is 0 Å². The molecule has 0 saturated carbocycles. The smallest absolute Gasteiger partial charge is 0.126 e. The molecule has 6 heteroatoms. The third-order valence-corrected chi connectivity index (χ3v) is 2.14. The van der Waals surface area contributed by atoms with Crippen molar-refractivity contribution in [2.45, 2.75) is 6.54 Å². The van der Waals surface area contributed by atoms with E-state index in [1.54, 1.807) is 10.9 Å². The third kappa shape index (κ3) is 1.35. The number of rotatable bonds is 2. The van der Waals surface area contributed by atoms with Crippen LogP contribution in [0.25, 0.3) is 11.0 Å². The Morgan fingerprint density at radius 2 is 2.20 bits per heavy atom. The average Bonchev–Trinajstić information content (AvgIpc) is 2.89. The summed E-state index contributed by atoms with van der Waals surface area (Å²) in [5.41, 5.74) is 2.57. The van der Waals surface area contributed by atoms with Gasteiger partial charge >= 0.3 is 0 Å². The summed E-state index contributed by atoms with van der Waals surface area (Å²) in [5.74, 6) is 0. The Morgan fingerprint density at radius 1 is 1.27 bits per heavy atom. The Morgan fingerprint density at radius 3 is 3.07 bits per heavy atom. The topological polar surface area (TPSA) is 69.6 Å². The normalized spacial score (nSPS) is 10.9. The molecule has 0 bridgehead atoms. The van der Waals surface area contributed by atoms with Gasteiger partial charge in [-0.05, 0) is 12.1 Å². The Kier molecular flexibility index (Phi) is 1.71. The summed E-state index contributed by atoms with van der Waals surface area (Å²) >= 11 is 0. The van der Waals surface area contributed by atoms with Gasteiger partial charge in [0.05, 0.1) is 18.3 Å². The quantitative estimate of drug-likeness (QED) is 0.615. The van der Waals surface area contributed by atoms with Crippen molar-refractivity contribution in [3.05, 3.63) is 36.2 Å². The van der Waals surface area contributed by atoms with Gasteiger partial charge in [-0.25, -0.2) is 9.31 Å². The highest BCUT2D eigenvalue weighted by molar-refractivity contribution is 5.73. The maximum Gasteiger partial charge on any atom is 0.126 e. The van der Waals surface area contributed by atoms with Crippen LogP contribution in [0.5, 0.6) is 0 Å². The van der Waals surface area contributed by atoms with Gasteiger partial charge in [-0.3, -0.25) is 0 Å². The molecule has 0 saturated heterocycles. The summed E-state index contributed by atoms with van der Waals surface area (Å²) in [6.45, 7) is 0.518. The standard InChI is InChI=1S/C9H7N5O/c1-2-4-9-8(3-1)11-13-14(9)6-7-5-10-15-12-7/h1-5H,6H2. The predicted octanol–water partition coefficient (Wildman–Crippen LogP) is 0.863. The SMILES string of the molecule is c1ccc2c(c1)nnn2Cc1cnon1. The van der Waals surface area contributed by atoms with Gasteiger partial charge in [0.15, 0.2) is 0 Å². The van der Waals surface area contributed by atoms with Crippen LogP contribution in [0.3, 0.4) is 0 Å². The maximum atomic E-state index is 4.51. The Bertz CT molecular complexity index is 571. The first-order valence-electron chi connectivity index (χ1n) is 4.48. The Hall–Kier alpha value is -2.24. The van der Waals surface area contributed by atoms with E-state index in [-0.39, 0.29) is 0 Å². The third-order valence-electron chi connectivity index (χ3n) is 2.14. The first kappa shape index (κ1) is 8.10. The Balaban J connectivity index is 2.05. The van der Waals surface area contributed by atoms with Crippen LogP contribution in [-0.2, 0) is 6.54 Å². The molecule has 0 N–H and O–H groups in total. The van der Waals surface area contributed by atoms with Gasteiger partial charge in [0.2, 0.25) is 0 Å². The Labute approximate surface area is 84.5 Å². The van der Waals surface area contributed by atoms with Gasteiger partial charge in [-0.15, -0.1) is 5.10 Å². The monoisotopic (exact) mass is 201 g/mol. The molecule has 0 aliphatic heterocycles. The summed E-state index contributed by atoms with van der Waals surface area (Å²) in [6.07, 6.45) is 1.57. The zero-order valence-corrected chi connectivity index (χ0v) is 7.74. The molecule has 6 nitrogen and oxygen atoms in total. The van der Waals surface area contributed by atoms with Crippen LogP contribution in [0.4, 0.5) is 0 Å². The summed E-state index contributed by atoms with van der Waals surface area (Å²) < 4.78 is 6.27. The van der Waals surface area contributed by atoms with Crippen LogP contribution in [0.1, 0.15) is 5.69 Å². The summed E-state index contributed by atoms with van der Waals surface area (Å²) in [7, 11) is 0. The molecule has 2 heterocycles. The lowest BCUT2D eigenvalue weighted by Crippen LogP contribution is -2.01. The molecule has 0 aliphatic rings. The van der Waals surface area contributed by atoms with Crippen LogP contribution < -0.4 is 0 Å². The molecule has 1 aromatic carbocycles. The van der Waals surface area contributed by atoms with Crippen LogP contribution in [0.15, 0.2) is 35.1 Å². The van der Waals surface area contributed by atoms with Crippen molar-refractivity contribution >= 4 is 11.0 Å². The lowest BCUT2D eigenvalue weighted by atomic mass is 10.3. The fourth-order valence-electron chi connectivity index (χ4n) is 1.44. The van der Waals surface area contributed by atoms with Crippen molar-refractivity contribution in [3.8, 4) is 0 Å². The van der Waals surface area contributed by atoms with E-state index in [4.69, 9.17) is 0 Å². The lowest BCUT2D eigenvalue weighted by Gasteiger charge is -1.96. The van der Waals surface area contributed by atoms with Gasteiger partial charge in [0, 0.05) is 0 Å². The molecule has 0 unspecified atom stereocenters. The van der Waals surface area contributed by atoms with Crippen LogP contribution in [0.2, 0.25) is 0 Å².